The van der Waals surface area contributed by atoms with Gasteiger partial charge in [0.1, 0.15) is 5.82 Å². The first-order chi connectivity index (χ1) is 10.0. The Hall–Kier alpha value is -0.890. The topological polar surface area (TPSA) is 12.0 Å². The maximum atomic E-state index is 13.7. The van der Waals surface area contributed by atoms with Crippen molar-refractivity contribution in [1.29, 1.82) is 0 Å². The molecule has 0 heterocycles. The highest BCUT2D eigenvalue weighted by molar-refractivity contribution is 5.24. The number of nitrogens with one attached hydrogen (secondary N) is 1. The second-order valence-electron chi connectivity index (χ2n) is 7.39. The van der Waals surface area contributed by atoms with Crippen molar-refractivity contribution in [1.82, 2.24) is 5.32 Å². The molecule has 1 saturated carbocycles. The number of benzene rings is 1. The van der Waals surface area contributed by atoms with Crippen molar-refractivity contribution in [3.05, 3.63) is 35.6 Å². The van der Waals surface area contributed by atoms with E-state index in [1.165, 1.54) is 25.7 Å². The van der Waals surface area contributed by atoms with Gasteiger partial charge in [-0.25, -0.2) is 4.39 Å². The van der Waals surface area contributed by atoms with Gasteiger partial charge in [-0.3, -0.25) is 0 Å². The second kappa shape index (κ2) is 7.40. The molecule has 1 aliphatic rings. The number of hydrogen-bond acceptors (Lipinski definition) is 1. The van der Waals surface area contributed by atoms with Crippen LogP contribution in [0.5, 0.6) is 0 Å². The Bertz CT molecular complexity index is 435. The van der Waals surface area contributed by atoms with Gasteiger partial charge < -0.3 is 5.32 Å². The van der Waals surface area contributed by atoms with Crippen LogP contribution in [0, 0.1) is 11.2 Å². The van der Waals surface area contributed by atoms with Crippen molar-refractivity contribution in [2.75, 3.05) is 6.54 Å². The van der Waals surface area contributed by atoms with Gasteiger partial charge >= 0.3 is 0 Å². The van der Waals surface area contributed by atoms with Crippen molar-refractivity contribution in [3.8, 4) is 0 Å². The molecule has 1 N–H and O–H groups in total. The monoisotopic (exact) mass is 291 g/mol. The van der Waals surface area contributed by atoms with Crippen molar-refractivity contribution in [2.45, 2.75) is 71.3 Å². The maximum absolute atomic E-state index is 13.7. The van der Waals surface area contributed by atoms with E-state index in [-0.39, 0.29) is 5.82 Å². The highest BCUT2D eigenvalue weighted by atomic mass is 19.1. The summed E-state index contributed by atoms with van der Waals surface area (Å²) in [6.07, 6.45) is 7.39. The largest absolute Gasteiger partial charge is 0.313 e. The molecule has 0 radical (unpaired) electrons. The molecule has 0 saturated heterocycles. The molecule has 0 unspecified atom stereocenters. The molecule has 0 aromatic heterocycles. The fraction of sp³-hybridized carbons (Fsp3) is 0.684. The van der Waals surface area contributed by atoms with Gasteiger partial charge in [0.15, 0.2) is 0 Å². The summed E-state index contributed by atoms with van der Waals surface area (Å²) in [5.74, 6) is 0.368. The van der Waals surface area contributed by atoms with E-state index in [1.807, 2.05) is 12.1 Å². The molecule has 0 amide bonds. The van der Waals surface area contributed by atoms with E-state index in [4.69, 9.17) is 0 Å². The second-order valence-corrected chi connectivity index (χ2v) is 7.39. The van der Waals surface area contributed by atoms with Crippen LogP contribution < -0.4 is 5.32 Å². The van der Waals surface area contributed by atoms with E-state index >= 15 is 0 Å². The minimum atomic E-state index is -0.0409. The molecule has 1 aromatic carbocycles. The Morgan fingerprint density at radius 1 is 1.19 bits per heavy atom. The Balaban J connectivity index is 1.70. The normalized spacial score (nSPS) is 22.1. The summed E-state index contributed by atoms with van der Waals surface area (Å²) in [7, 11) is 0. The van der Waals surface area contributed by atoms with Crippen LogP contribution in [-0.2, 0) is 0 Å². The molecule has 1 fully saturated rings. The lowest BCUT2D eigenvalue weighted by molar-refractivity contribution is 0.229. The number of halogens is 1. The maximum Gasteiger partial charge on any atom is 0.126 e. The lowest BCUT2D eigenvalue weighted by Gasteiger charge is -2.38. The Labute approximate surface area is 129 Å². The third kappa shape index (κ3) is 4.81. The fourth-order valence-electron chi connectivity index (χ4n) is 3.21. The molecule has 2 rings (SSSR count). The van der Waals surface area contributed by atoms with Gasteiger partial charge in [0.25, 0.3) is 0 Å². The summed E-state index contributed by atoms with van der Waals surface area (Å²) >= 11 is 0. The quantitative estimate of drug-likeness (QED) is 0.644. The molecule has 21 heavy (non-hydrogen) atoms. The minimum absolute atomic E-state index is 0.0409. The van der Waals surface area contributed by atoms with E-state index in [0.29, 0.717) is 17.4 Å². The predicted molar refractivity (Wildman–Crippen MR) is 88.1 cm³/mol. The first-order valence-corrected chi connectivity index (χ1v) is 8.49. The van der Waals surface area contributed by atoms with E-state index in [2.05, 4.69) is 26.1 Å². The number of hydrogen-bond donors (Lipinski definition) is 1. The molecule has 0 atom stereocenters. The van der Waals surface area contributed by atoms with Crippen LogP contribution >= 0.6 is 0 Å². The van der Waals surface area contributed by atoms with Gasteiger partial charge in [-0.15, -0.1) is 0 Å². The van der Waals surface area contributed by atoms with Gasteiger partial charge in [-0.2, -0.15) is 0 Å². The number of rotatable bonds is 8. The zero-order chi connectivity index (χ0) is 15.3. The number of unbranched alkanes of at least 4 members (excludes halogenated alkanes) is 2. The van der Waals surface area contributed by atoms with Crippen LogP contribution in [0.1, 0.15) is 70.8 Å². The van der Waals surface area contributed by atoms with Crippen LogP contribution in [0.3, 0.4) is 0 Å². The molecule has 118 valence electrons. The first-order valence-electron chi connectivity index (χ1n) is 8.49. The Morgan fingerprint density at radius 2 is 1.90 bits per heavy atom. The molecule has 0 spiro atoms. The summed E-state index contributed by atoms with van der Waals surface area (Å²) in [5.41, 5.74) is 1.27. The van der Waals surface area contributed by atoms with Crippen LogP contribution in [-0.4, -0.2) is 12.6 Å². The predicted octanol–water partition coefficient (Wildman–Crippen LogP) is 5.27. The third-order valence-corrected chi connectivity index (χ3v) is 4.81. The van der Waals surface area contributed by atoms with Crippen molar-refractivity contribution in [3.63, 3.8) is 0 Å². The van der Waals surface area contributed by atoms with Gasteiger partial charge in [0.05, 0.1) is 0 Å². The molecular formula is C19H30FN. The summed E-state index contributed by atoms with van der Waals surface area (Å²) < 4.78 is 13.7. The van der Waals surface area contributed by atoms with E-state index in [1.54, 1.807) is 12.1 Å². The van der Waals surface area contributed by atoms with Gasteiger partial charge in [0, 0.05) is 12.6 Å². The van der Waals surface area contributed by atoms with Crippen molar-refractivity contribution < 1.29 is 4.39 Å². The first kappa shape index (κ1) is 16.5. The average Bonchev–Trinajstić information content (AvgIpc) is 2.39. The molecule has 1 aromatic rings. The Morgan fingerprint density at radius 3 is 2.57 bits per heavy atom. The third-order valence-electron chi connectivity index (χ3n) is 4.81. The highest BCUT2D eigenvalue weighted by Gasteiger charge is 2.32. The molecule has 1 nitrogen and oxygen atoms in total. The molecule has 0 bridgehead atoms. The van der Waals surface area contributed by atoms with E-state index in [9.17, 15) is 4.39 Å². The Kier molecular flexibility index (Phi) is 5.80. The lowest BCUT2D eigenvalue weighted by atomic mass is 9.75. The fourth-order valence-corrected chi connectivity index (χ4v) is 3.21. The van der Waals surface area contributed by atoms with Crippen molar-refractivity contribution >= 4 is 0 Å². The zero-order valence-electron chi connectivity index (χ0n) is 13.8. The molecular weight excluding hydrogens is 261 g/mol. The lowest BCUT2D eigenvalue weighted by Crippen LogP contribution is -2.44. The molecule has 2 heteroatoms. The van der Waals surface area contributed by atoms with Crippen LogP contribution in [0.4, 0.5) is 4.39 Å². The summed E-state index contributed by atoms with van der Waals surface area (Å²) in [6.45, 7) is 8.03. The summed E-state index contributed by atoms with van der Waals surface area (Å²) in [6, 6.07) is 7.79. The summed E-state index contributed by atoms with van der Waals surface area (Å²) in [4.78, 5) is 0. The van der Waals surface area contributed by atoms with Crippen LogP contribution in [0.15, 0.2) is 24.3 Å². The molecule has 1 aliphatic carbocycles. The zero-order valence-corrected chi connectivity index (χ0v) is 13.8. The van der Waals surface area contributed by atoms with Crippen molar-refractivity contribution in [2.24, 2.45) is 5.41 Å². The van der Waals surface area contributed by atoms with E-state index in [0.717, 1.165) is 24.9 Å². The van der Waals surface area contributed by atoms with Gasteiger partial charge in [-0.05, 0) is 42.2 Å². The van der Waals surface area contributed by atoms with Crippen LogP contribution in [0.2, 0.25) is 0 Å². The smallest absolute Gasteiger partial charge is 0.126 e. The van der Waals surface area contributed by atoms with Gasteiger partial charge in [-0.1, -0.05) is 58.2 Å². The highest BCUT2D eigenvalue weighted by Crippen LogP contribution is 2.38. The summed E-state index contributed by atoms with van der Waals surface area (Å²) in [5, 5.41) is 3.68. The SMILES string of the molecule is CCCCCC(C)(C)CNC1CC(c2ccccc2F)C1. The standard InChI is InChI=1S/C19H30FN/c1-4-5-8-11-19(2,3)14-21-16-12-15(13-16)17-9-6-7-10-18(17)20/h6-7,9-10,15-16,21H,4-5,8,11-14H2,1-3H3. The van der Waals surface area contributed by atoms with Crippen LogP contribution in [0.25, 0.3) is 0 Å². The van der Waals surface area contributed by atoms with Gasteiger partial charge in [0.2, 0.25) is 0 Å². The average molecular weight is 291 g/mol. The minimum Gasteiger partial charge on any atom is -0.313 e. The van der Waals surface area contributed by atoms with E-state index < -0.39 is 0 Å². The molecule has 0 aliphatic heterocycles.